The van der Waals surface area contributed by atoms with Crippen LogP contribution in [0, 0.1) is 0 Å². The molecular formula is C8H12N2O2. The van der Waals surface area contributed by atoms with Crippen LogP contribution in [-0.2, 0) is 4.74 Å². The molecule has 0 saturated carbocycles. The van der Waals surface area contributed by atoms with E-state index in [0.717, 1.165) is 0 Å². The van der Waals surface area contributed by atoms with Crippen LogP contribution >= 0.6 is 0 Å². The third kappa shape index (κ3) is 1.44. The zero-order valence-electron chi connectivity index (χ0n) is 6.68. The first-order valence-corrected chi connectivity index (χ1v) is 4.01. The van der Waals surface area contributed by atoms with Crippen molar-refractivity contribution in [3.8, 4) is 0 Å². The van der Waals surface area contributed by atoms with Gasteiger partial charge in [-0.2, -0.15) is 0 Å². The minimum Gasteiger partial charge on any atom is -0.388 e. The molecular weight excluding hydrogens is 156 g/mol. The molecule has 1 saturated heterocycles. The number of aliphatic hydroxyl groups is 1. The number of rotatable bonds is 2. The lowest BCUT2D eigenvalue weighted by atomic mass is 10.2. The van der Waals surface area contributed by atoms with Crippen LogP contribution in [0.1, 0.15) is 0 Å². The molecule has 2 N–H and O–H groups in total. The second-order valence-corrected chi connectivity index (χ2v) is 2.93. The molecule has 0 bridgehead atoms. The maximum absolute atomic E-state index is 9.39. The summed E-state index contributed by atoms with van der Waals surface area (Å²) in [5, 5.41) is 9.39. The largest absolute Gasteiger partial charge is 0.388 e. The Balaban J connectivity index is 1.95. The predicted octanol–water partition coefficient (Wildman–Crippen LogP) is -0.209. The van der Waals surface area contributed by atoms with Crippen LogP contribution in [-0.4, -0.2) is 35.1 Å². The summed E-state index contributed by atoms with van der Waals surface area (Å²) in [6, 6.07) is 3.86. The Bertz CT molecular complexity index is 235. The number of aliphatic hydroxyl groups excluding tert-OH is 1. The quantitative estimate of drug-likeness (QED) is 0.642. The lowest BCUT2D eigenvalue weighted by Gasteiger charge is -2.16. The Morgan fingerprint density at radius 1 is 1.33 bits per heavy atom. The zero-order chi connectivity index (χ0) is 8.39. The molecule has 1 aromatic heterocycles. The Morgan fingerprint density at radius 3 is 2.67 bits per heavy atom. The SMILES string of the molecule is OC1COCC1Nn1cccc1. The number of ether oxygens (including phenoxy) is 1. The number of hydrogen-bond donors (Lipinski definition) is 2. The fourth-order valence-electron chi connectivity index (χ4n) is 1.28. The van der Waals surface area contributed by atoms with Gasteiger partial charge in [0.25, 0.3) is 0 Å². The molecule has 2 heterocycles. The van der Waals surface area contributed by atoms with E-state index in [-0.39, 0.29) is 6.04 Å². The Morgan fingerprint density at radius 2 is 2.08 bits per heavy atom. The smallest absolute Gasteiger partial charge is 0.101 e. The van der Waals surface area contributed by atoms with Crippen molar-refractivity contribution >= 4 is 0 Å². The minimum atomic E-state index is -0.396. The standard InChI is InChI=1S/C8H12N2O2/c11-8-6-12-5-7(8)9-10-3-1-2-4-10/h1-4,7-9,11H,5-6H2. The van der Waals surface area contributed by atoms with Crippen molar-refractivity contribution in [3.63, 3.8) is 0 Å². The molecule has 2 rings (SSSR count). The van der Waals surface area contributed by atoms with Crippen molar-refractivity contribution in [2.75, 3.05) is 18.6 Å². The van der Waals surface area contributed by atoms with Gasteiger partial charge in [-0.3, -0.25) is 4.68 Å². The highest BCUT2D eigenvalue weighted by Gasteiger charge is 2.25. The monoisotopic (exact) mass is 168 g/mol. The molecule has 4 heteroatoms. The summed E-state index contributed by atoms with van der Waals surface area (Å²) in [5.41, 5.74) is 3.11. The minimum absolute atomic E-state index is 0.0115. The van der Waals surface area contributed by atoms with E-state index in [1.807, 2.05) is 29.2 Å². The third-order valence-electron chi connectivity index (χ3n) is 1.97. The molecule has 1 aliphatic rings. The van der Waals surface area contributed by atoms with E-state index in [4.69, 9.17) is 4.74 Å². The van der Waals surface area contributed by atoms with Crippen molar-refractivity contribution in [2.45, 2.75) is 12.1 Å². The van der Waals surface area contributed by atoms with Gasteiger partial charge in [0.1, 0.15) is 6.10 Å². The molecule has 12 heavy (non-hydrogen) atoms. The number of aromatic nitrogens is 1. The molecule has 0 spiro atoms. The van der Waals surface area contributed by atoms with Crippen molar-refractivity contribution < 1.29 is 9.84 Å². The number of nitrogens with zero attached hydrogens (tertiary/aromatic N) is 1. The van der Waals surface area contributed by atoms with Gasteiger partial charge < -0.3 is 15.3 Å². The van der Waals surface area contributed by atoms with Crippen molar-refractivity contribution in [2.24, 2.45) is 0 Å². The summed E-state index contributed by atoms with van der Waals surface area (Å²) in [6.45, 7) is 0.998. The lowest BCUT2D eigenvalue weighted by molar-refractivity contribution is 0.125. The van der Waals surface area contributed by atoms with Gasteiger partial charge in [0, 0.05) is 12.4 Å². The van der Waals surface area contributed by atoms with Crippen LogP contribution in [0.5, 0.6) is 0 Å². The fraction of sp³-hybridized carbons (Fsp3) is 0.500. The fourth-order valence-corrected chi connectivity index (χ4v) is 1.28. The van der Waals surface area contributed by atoms with Gasteiger partial charge in [-0.25, -0.2) is 0 Å². The molecule has 0 aliphatic carbocycles. The highest BCUT2D eigenvalue weighted by Crippen LogP contribution is 2.06. The second-order valence-electron chi connectivity index (χ2n) is 2.93. The molecule has 2 unspecified atom stereocenters. The number of nitrogens with one attached hydrogen (secondary N) is 1. The maximum Gasteiger partial charge on any atom is 0.101 e. The Kier molecular flexibility index (Phi) is 2.01. The van der Waals surface area contributed by atoms with Crippen LogP contribution in [0.2, 0.25) is 0 Å². The highest BCUT2D eigenvalue weighted by molar-refractivity contribution is 4.98. The van der Waals surface area contributed by atoms with Crippen molar-refractivity contribution in [1.29, 1.82) is 0 Å². The van der Waals surface area contributed by atoms with Gasteiger partial charge in [-0.15, -0.1) is 0 Å². The average Bonchev–Trinajstić information content (AvgIpc) is 2.65. The van der Waals surface area contributed by atoms with Gasteiger partial charge in [-0.05, 0) is 12.1 Å². The van der Waals surface area contributed by atoms with Crippen molar-refractivity contribution in [3.05, 3.63) is 24.5 Å². The lowest BCUT2D eigenvalue weighted by Crippen LogP contribution is -2.36. The van der Waals surface area contributed by atoms with Crippen molar-refractivity contribution in [1.82, 2.24) is 4.68 Å². The van der Waals surface area contributed by atoms with Gasteiger partial charge in [-0.1, -0.05) is 0 Å². The Labute approximate surface area is 70.7 Å². The molecule has 0 aromatic carbocycles. The first kappa shape index (κ1) is 7.64. The molecule has 66 valence electrons. The van der Waals surface area contributed by atoms with E-state index in [1.165, 1.54) is 0 Å². The van der Waals surface area contributed by atoms with E-state index in [1.54, 1.807) is 0 Å². The van der Waals surface area contributed by atoms with Crippen LogP contribution in [0.3, 0.4) is 0 Å². The van der Waals surface area contributed by atoms with Gasteiger partial charge in [0.15, 0.2) is 0 Å². The summed E-state index contributed by atoms with van der Waals surface area (Å²) >= 11 is 0. The normalized spacial score (nSPS) is 29.1. The van der Waals surface area contributed by atoms with Crippen LogP contribution < -0.4 is 5.43 Å². The summed E-state index contributed by atoms with van der Waals surface area (Å²) in [6.07, 6.45) is 3.39. The summed E-state index contributed by atoms with van der Waals surface area (Å²) in [5.74, 6) is 0. The van der Waals surface area contributed by atoms with E-state index in [0.29, 0.717) is 13.2 Å². The Hall–Kier alpha value is -1.00. The number of hydrogen-bond acceptors (Lipinski definition) is 3. The maximum atomic E-state index is 9.39. The van der Waals surface area contributed by atoms with E-state index in [9.17, 15) is 5.11 Å². The highest BCUT2D eigenvalue weighted by atomic mass is 16.5. The first-order chi connectivity index (χ1) is 5.86. The van der Waals surface area contributed by atoms with Gasteiger partial charge in [0.2, 0.25) is 0 Å². The molecule has 0 radical (unpaired) electrons. The van der Waals surface area contributed by atoms with Gasteiger partial charge in [0.05, 0.1) is 19.3 Å². The molecule has 4 nitrogen and oxygen atoms in total. The summed E-state index contributed by atoms with van der Waals surface area (Å²) < 4.78 is 6.91. The summed E-state index contributed by atoms with van der Waals surface area (Å²) in [7, 11) is 0. The van der Waals surface area contributed by atoms with Crippen LogP contribution in [0.25, 0.3) is 0 Å². The molecule has 1 fully saturated rings. The molecule has 2 atom stereocenters. The van der Waals surface area contributed by atoms with Crippen LogP contribution in [0.15, 0.2) is 24.5 Å². The van der Waals surface area contributed by atoms with Crippen LogP contribution in [0.4, 0.5) is 0 Å². The van der Waals surface area contributed by atoms with E-state index in [2.05, 4.69) is 5.43 Å². The van der Waals surface area contributed by atoms with E-state index < -0.39 is 6.10 Å². The van der Waals surface area contributed by atoms with E-state index >= 15 is 0 Å². The molecule has 1 aliphatic heterocycles. The average molecular weight is 168 g/mol. The summed E-state index contributed by atoms with van der Waals surface area (Å²) in [4.78, 5) is 0. The first-order valence-electron chi connectivity index (χ1n) is 4.01. The molecule has 1 aromatic rings. The topological polar surface area (TPSA) is 46.4 Å². The zero-order valence-corrected chi connectivity index (χ0v) is 6.68. The molecule has 0 amide bonds. The van der Waals surface area contributed by atoms with Gasteiger partial charge >= 0.3 is 0 Å². The predicted molar refractivity (Wildman–Crippen MR) is 44.4 cm³/mol. The second kappa shape index (κ2) is 3.16. The third-order valence-corrected chi connectivity index (χ3v) is 1.97.